The van der Waals surface area contributed by atoms with Gasteiger partial charge < -0.3 is 10.1 Å². The van der Waals surface area contributed by atoms with E-state index in [0.717, 1.165) is 25.5 Å². The van der Waals surface area contributed by atoms with Crippen LogP contribution >= 0.6 is 12.4 Å². The third kappa shape index (κ3) is 3.85. The summed E-state index contributed by atoms with van der Waals surface area (Å²) in [6, 6.07) is 4.33. The summed E-state index contributed by atoms with van der Waals surface area (Å²) < 4.78 is 45.4. The molecule has 5 nitrogen and oxygen atoms in total. The van der Waals surface area contributed by atoms with Crippen molar-refractivity contribution < 1.29 is 17.5 Å². The number of halogens is 2. The molecule has 1 N–H and O–H groups in total. The molecule has 1 unspecified atom stereocenters. The minimum Gasteiger partial charge on any atom is -0.494 e. The van der Waals surface area contributed by atoms with Gasteiger partial charge in [-0.05, 0) is 56.3 Å². The summed E-state index contributed by atoms with van der Waals surface area (Å²) in [4.78, 5) is -0.00626. The smallest absolute Gasteiger partial charge is 0.243 e. The van der Waals surface area contributed by atoms with Gasteiger partial charge in [-0.2, -0.15) is 4.31 Å². The van der Waals surface area contributed by atoms with Crippen LogP contribution in [0.15, 0.2) is 23.1 Å². The molecule has 1 aromatic carbocycles. The quantitative estimate of drug-likeness (QED) is 0.874. The Hall–Kier alpha value is -0.890. The van der Waals surface area contributed by atoms with Crippen molar-refractivity contribution >= 4 is 22.4 Å². The Morgan fingerprint density at radius 1 is 1.25 bits per heavy atom. The third-order valence-corrected chi connectivity index (χ3v) is 6.82. The highest BCUT2D eigenvalue weighted by molar-refractivity contribution is 7.89. The van der Waals surface area contributed by atoms with E-state index in [1.54, 1.807) is 0 Å². The first-order chi connectivity index (χ1) is 11.0. The van der Waals surface area contributed by atoms with Crippen LogP contribution in [0.1, 0.15) is 25.7 Å². The van der Waals surface area contributed by atoms with Crippen LogP contribution in [0.5, 0.6) is 5.75 Å². The van der Waals surface area contributed by atoms with Crippen LogP contribution in [0.3, 0.4) is 0 Å². The van der Waals surface area contributed by atoms with Gasteiger partial charge in [0, 0.05) is 19.1 Å². The highest BCUT2D eigenvalue weighted by Crippen LogP contribution is 2.29. The number of piperidine rings is 1. The van der Waals surface area contributed by atoms with Gasteiger partial charge in [0.25, 0.3) is 0 Å². The standard InChI is InChI=1S/C16H23FN2O3S.ClH/c1-22-16-5-4-13(11-14(16)17)23(20,21)19-9-6-12(7-10-19)15-3-2-8-18-15;/h4-5,11-12,15,18H,2-3,6-10H2,1H3;1H. The largest absolute Gasteiger partial charge is 0.494 e. The van der Waals surface area contributed by atoms with E-state index in [-0.39, 0.29) is 23.1 Å². The van der Waals surface area contributed by atoms with Gasteiger partial charge in [0.1, 0.15) is 0 Å². The third-order valence-electron chi connectivity index (χ3n) is 4.93. The minimum atomic E-state index is -3.64. The first-order valence-electron chi connectivity index (χ1n) is 8.09. The van der Waals surface area contributed by atoms with Crippen molar-refractivity contribution in [1.82, 2.24) is 9.62 Å². The van der Waals surface area contributed by atoms with Crippen molar-refractivity contribution in [2.24, 2.45) is 5.92 Å². The molecule has 2 heterocycles. The van der Waals surface area contributed by atoms with E-state index < -0.39 is 15.8 Å². The fourth-order valence-electron chi connectivity index (χ4n) is 3.59. The fraction of sp³-hybridized carbons (Fsp3) is 0.625. The van der Waals surface area contributed by atoms with Gasteiger partial charge in [-0.15, -0.1) is 12.4 Å². The Kier molecular flexibility index (Phi) is 6.47. The van der Waals surface area contributed by atoms with E-state index in [4.69, 9.17) is 4.74 Å². The molecule has 2 fully saturated rings. The average Bonchev–Trinajstić information content (AvgIpc) is 3.09. The maximum atomic E-state index is 13.8. The summed E-state index contributed by atoms with van der Waals surface area (Å²) >= 11 is 0. The number of rotatable bonds is 4. The Morgan fingerprint density at radius 3 is 2.50 bits per heavy atom. The molecule has 0 radical (unpaired) electrons. The zero-order valence-electron chi connectivity index (χ0n) is 13.7. The lowest BCUT2D eigenvalue weighted by Gasteiger charge is -2.34. The average molecular weight is 379 g/mol. The first-order valence-corrected chi connectivity index (χ1v) is 9.53. The predicted molar refractivity (Wildman–Crippen MR) is 92.7 cm³/mol. The van der Waals surface area contributed by atoms with Crippen LogP contribution in [0, 0.1) is 11.7 Å². The molecule has 1 atom stereocenters. The van der Waals surface area contributed by atoms with Gasteiger partial charge in [0.15, 0.2) is 11.6 Å². The summed E-state index contributed by atoms with van der Waals surface area (Å²) in [5, 5.41) is 3.50. The number of benzene rings is 1. The topological polar surface area (TPSA) is 58.6 Å². The Morgan fingerprint density at radius 2 is 1.96 bits per heavy atom. The van der Waals surface area contributed by atoms with Crippen LogP contribution < -0.4 is 10.1 Å². The van der Waals surface area contributed by atoms with Gasteiger partial charge in [-0.3, -0.25) is 0 Å². The van der Waals surface area contributed by atoms with Crippen molar-refractivity contribution in [1.29, 1.82) is 0 Å². The van der Waals surface area contributed by atoms with Gasteiger partial charge in [0.05, 0.1) is 12.0 Å². The number of sulfonamides is 1. The number of hydrogen-bond donors (Lipinski definition) is 1. The number of nitrogens with one attached hydrogen (secondary N) is 1. The van der Waals surface area contributed by atoms with Crippen molar-refractivity contribution in [2.75, 3.05) is 26.7 Å². The fourth-order valence-corrected chi connectivity index (χ4v) is 5.07. The molecule has 1 aromatic rings. The lowest BCUT2D eigenvalue weighted by Crippen LogP contribution is -2.43. The van der Waals surface area contributed by atoms with E-state index >= 15 is 0 Å². The number of methoxy groups -OCH3 is 1. The second-order valence-electron chi connectivity index (χ2n) is 6.24. The van der Waals surface area contributed by atoms with Crippen LogP contribution in [-0.4, -0.2) is 45.5 Å². The summed E-state index contributed by atoms with van der Waals surface area (Å²) in [5.74, 6) is -0.0647. The van der Waals surface area contributed by atoms with E-state index in [0.29, 0.717) is 25.0 Å². The maximum Gasteiger partial charge on any atom is 0.243 e. The van der Waals surface area contributed by atoms with Crippen molar-refractivity contribution in [3.05, 3.63) is 24.0 Å². The molecule has 8 heteroatoms. The second kappa shape index (κ2) is 7.99. The van der Waals surface area contributed by atoms with Gasteiger partial charge in [-0.25, -0.2) is 12.8 Å². The van der Waals surface area contributed by atoms with E-state index in [1.807, 2.05) is 0 Å². The molecule has 24 heavy (non-hydrogen) atoms. The SMILES string of the molecule is COc1ccc(S(=O)(=O)N2CCC(C3CCCN3)CC2)cc1F.Cl. The Balaban J connectivity index is 0.00000208. The highest BCUT2D eigenvalue weighted by atomic mass is 35.5. The van der Waals surface area contributed by atoms with E-state index in [2.05, 4.69) is 5.32 Å². The number of hydrogen-bond acceptors (Lipinski definition) is 4. The van der Waals surface area contributed by atoms with Crippen molar-refractivity contribution in [3.63, 3.8) is 0 Å². The summed E-state index contributed by atoms with van der Waals surface area (Å²) in [6.45, 7) is 2.06. The molecule has 0 spiro atoms. The van der Waals surface area contributed by atoms with E-state index in [9.17, 15) is 12.8 Å². The van der Waals surface area contributed by atoms with Crippen molar-refractivity contribution in [2.45, 2.75) is 36.6 Å². The van der Waals surface area contributed by atoms with Crippen LogP contribution in [0.25, 0.3) is 0 Å². The second-order valence-corrected chi connectivity index (χ2v) is 8.18. The van der Waals surface area contributed by atoms with Gasteiger partial charge in [-0.1, -0.05) is 0 Å². The molecule has 0 saturated carbocycles. The molecular weight excluding hydrogens is 355 g/mol. The monoisotopic (exact) mass is 378 g/mol. The molecule has 3 rings (SSSR count). The zero-order chi connectivity index (χ0) is 16.4. The molecular formula is C16H24ClFN2O3S. The zero-order valence-corrected chi connectivity index (χ0v) is 15.3. The Bertz CT molecular complexity index is 657. The summed E-state index contributed by atoms with van der Waals surface area (Å²) in [5.41, 5.74) is 0. The lowest BCUT2D eigenvalue weighted by molar-refractivity contribution is 0.234. The predicted octanol–water partition coefficient (Wildman–Crippen LogP) is 2.41. The van der Waals surface area contributed by atoms with Crippen LogP contribution in [0.4, 0.5) is 4.39 Å². The minimum absolute atomic E-state index is 0. The van der Waals surface area contributed by atoms with Crippen molar-refractivity contribution in [3.8, 4) is 5.75 Å². The summed E-state index contributed by atoms with van der Waals surface area (Å²) in [7, 11) is -2.28. The molecule has 0 aromatic heterocycles. The maximum absolute atomic E-state index is 13.8. The number of nitrogens with zero attached hydrogens (tertiary/aromatic N) is 1. The molecule has 0 bridgehead atoms. The highest BCUT2D eigenvalue weighted by Gasteiger charge is 2.33. The molecule has 0 aliphatic carbocycles. The first kappa shape index (κ1) is 19.4. The number of ether oxygens (including phenoxy) is 1. The normalized spacial score (nSPS) is 23.0. The lowest BCUT2D eigenvalue weighted by atomic mass is 9.89. The van der Waals surface area contributed by atoms with Gasteiger partial charge in [0.2, 0.25) is 10.0 Å². The van der Waals surface area contributed by atoms with E-state index in [1.165, 1.54) is 36.4 Å². The van der Waals surface area contributed by atoms with Crippen LogP contribution in [0.2, 0.25) is 0 Å². The van der Waals surface area contributed by atoms with Crippen LogP contribution in [-0.2, 0) is 10.0 Å². The Labute approximate surface area is 149 Å². The van der Waals surface area contributed by atoms with Gasteiger partial charge >= 0.3 is 0 Å². The molecule has 0 amide bonds. The molecule has 2 aliphatic heterocycles. The molecule has 2 aliphatic rings. The summed E-state index contributed by atoms with van der Waals surface area (Å²) in [6.07, 6.45) is 4.10. The molecule has 2 saturated heterocycles. The molecule has 136 valence electrons.